The average Bonchev–Trinajstić information content (AvgIpc) is 2.96. The number of rotatable bonds is 5. The van der Waals surface area contributed by atoms with E-state index >= 15 is 0 Å². The van der Waals surface area contributed by atoms with Gasteiger partial charge in [0.05, 0.1) is 6.04 Å². The summed E-state index contributed by atoms with van der Waals surface area (Å²) in [5.41, 5.74) is 7.15. The predicted molar refractivity (Wildman–Crippen MR) is 114 cm³/mol. The third-order valence-electron chi connectivity index (χ3n) is 6.62. The van der Waals surface area contributed by atoms with Crippen molar-refractivity contribution in [2.75, 3.05) is 13.6 Å². The second kappa shape index (κ2) is 7.34. The highest BCUT2D eigenvalue weighted by Crippen LogP contribution is 2.33. The van der Waals surface area contributed by atoms with Crippen LogP contribution in [0.3, 0.4) is 0 Å². The van der Waals surface area contributed by atoms with Crippen molar-refractivity contribution in [1.82, 2.24) is 19.8 Å². The van der Waals surface area contributed by atoms with Gasteiger partial charge in [-0.05, 0) is 62.2 Å². The lowest BCUT2D eigenvalue weighted by Gasteiger charge is -2.33. The highest BCUT2D eigenvalue weighted by Gasteiger charge is 2.26. The van der Waals surface area contributed by atoms with Crippen LogP contribution >= 0.6 is 0 Å². The van der Waals surface area contributed by atoms with E-state index in [4.69, 9.17) is 0 Å². The molecule has 0 spiro atoms. The molecule has 1 saturated carbocycles. The fourth-order valence-corrected chi connectivity index (χ4v) is 4.80. The fourth-order valence-electron chi connectivity index (χ4n) is 4.80. The number of aryl methyl sites for hydroxylation is 1. The maximum atomic E-state index is 4.24. The van der Waals surface area contributed by atoms with Crippen molar-refractivity contribution >= 4 is 10.9 Å². The topological polar surface area (TPSA) is 33.1 Å². The quantitative estimate of drug-likeness (QED) is 0.726. The number of aromatic nitrogens is 2. The Morgan fingerprint density at radius 2 is 2.00 bits per heavy atom. The maximum Gasteiger partial charge on any atom is 0.0505 e. The minimum Gasteiger partial charge on any atom is -0.342 e. The lowest BCUT2D eigenvalue weighted by Crippen LogP contribution is -2.39. The Bertz CT molecular complexity index is 971. The maximum absolute atomic E-state index is 4.24. The van der Waals surface area contributed by atoms with Gasteiger partial charge in [-0.25, -0.2) is 0 Å². The predicted octanol–water partition coefficient (Wildman–Crippen LogP) is 4.22. The Balaban J connectivity index is 1.57. The van der Waals surface area contributed by atoms with Gasteiger partial charge in [-0.15, -0.1) is 0 Å². The summed E-state index contributed by atoms with van der Waals surface area (Å²) >= 11 is 0. The SMILES string of the molecule is Cc1ccc2c(c1)c1c(n2CC(NC2CCC2)c2ccncc2)CCN(C)C1. The molecular formula is C24H30N4. The first-order valence-electron chi connectivity index (χ1n) is 10.6. The first kappa shape index (κ1) is 17.9. The molecule has 1 fully saturated rings. The van der Waals surface area contributed by atoms with Gasteiger partial charge in [0.1, 0.15) is 0 Å². The number of nitrogens with one attached hydrogen (secondary N) is 1. The van der Waals surface area contributed by atoms with Crippen LogP contribution < -0.4 is 5.32 Å². The summed E-state index contributed by atoms with van der Waals surface area (Å²) in [7, 11) is 2.24. The number of fused-ring (bicyclic) bond motifs is 3. The van der Waals surface area contributed by atoms with Crippen LogP contribution in [0.2, 0.25) is 0 Å². The van der Waals surface area contributed by atoms with Gasteiger partial charge >= 0.3 is 0 Å². The zero-order valence-electron chi connectivity index (χ0n) is 17.0. The van der Waals surface area contributed by atoms with Crippen LogP contribution in [0.1, 0.15) is 47.7 Å². The molecule has 3 heterocycles. The third kappa shape index (κ3) is 3.25. The minimum atomic E-state index is 0.328. The van der Waals surface area contributed by atoms with E-state index in [0.717, 1.165) is 26.1 Å². The molecule has 1 aliphatic heterocycles. The molecule has 28 heavy (non-hydrogen) atoms. The fraction of sp³-hybridized carbons (Fsp3) is 0.458. The molecule has 0 radical (unpaired) electrons. The van der Waals surface area contributed by atoms with Crippen LogP contribution in [-0.2, 0) is 19.5 Å². The molecule has 1 unspecified atom stereocenters. The van der Waals surface area contributed by atoms with E-state index in [2.05, 4.69) is 64.1 Å². The molecule has 0 bridgehead atoms. The van der Waals surface area contributed by atoms with Crippen molar-refractivity contribution in [3.63, 3.8) is 0 Å². The summed E-state index contributed by atoms with van der Waals surface area (Å²) in [4.78, 5) is 6.68. The molecule has 0 saturated heterocycles. The van der Waals surface area contributed by atoms with Crippen molar-refractivity contribution < 1.29 is 0 Å². The van der Waals surface area contributed by atoms with Crippen LogP contribution in [0.5, 0.6) is 0 Å². The van der Waals surface area contributed by atoms with Crippen LogP contribution in [0, 0.1) is 6.92 Å². The van der Waals surface area contributed by atoms with E-state index in [1.54, 1.807) is 0 Å². The normalized spacial score (nSPS) is 18.8. The summed E-state index contributed by atoms with van der Waals surface area (Å²) < 4.78 is 2.61. The van der Waals surface area contributed by atoms with Gasteiger partial charge in [0, 0.05) is 61.1 Å². The van der Waals surface area contributed by atoms with Crippen molar-refractivity contribution in [3.05, 3.63) is 65.1 Å². The third-order valence-corrected chi connectivity index (χ3v) is 6.62. The van der Waals surface area contributed by atoms with Gasteiger partial charge < -0.3 is 14.8 Å². The highest BCUT2D eigenvalue weighted by atomic mass is 15.1. The van der Waals surface area contributed by atoms with Gasteiger partial charge in [-0.1, -0.05) is 18.1 Å². The summed E-state index contributed by atoms with van der Waals surface area (Å²) in [6, 6.07) is 12.3. The smallest absolute Gasteiger partial charge is 0.0505 e. The van der Waals surface area contributed by atoms with Crippen LogP contribution in [0.15, 0.2) is 42.7 Å². The Morgan fingerprint density at radius 3 is 2.75 bits per heavy atom. The lowest BCUT2D eigenvalue weighted by atomic mass is 9.91. The second-order valence-corrected chi connectivity index (χ2v) is 8.67. The number of hydrogen-bond acceptors (Lipinski definition) is 3. The van der Waals surface area contributed by atoms with Gasteiger partial charge in [0.25, 0.3) is 0 Å². The molecule has 5 rings (SSSR count). The van der Waals surface area contributed by atoms with Crippen LogP contribution in [-0.4, -0.2) is 34.1 Å². The highest BCUT2D eigenvalue weighted by molar-refractivity contribution is 5.86. The molecule has 1 atom stereocenters. The summed E-state index contributed by atoms with van der Waals surface area (Å²) in [6.45, 7) is 5.38. The lowest BCUT2D eigenvalue weighted by molar-refractivity contribution is 0.285. The van der Waals surface area contributed by atoms with Crippen molar-refractivity contribution in [3.8, 4) is 0 Å². The van der Waals surface area contributed by atoms with E-state index < -0.39 is 0 Å². The summed E-state index contributed by atoms with van der Waals surface area (Å²) in [5.74, 6) is 0. The van der Waals surface area contributed by atoms with Crippen molar-refractivity contribution in [2.45, 2.75) is 57.8 Å². The molecule has 4 heteroatoms. The van der Waals surface area contributed by atoms with Crippen LogP contribution in [0.4, 0.5) is 0 Å². The Morgan fingerprint density at radius 1 is 1.18 bits per heavy atom. The number of hydrogen-bond donors (Lipinski definition) is 1. The first-order valence-corrected chi connectivity index (χ1v) is 10.6. The van der Waals surface area contributed by atoms with Crippen LogP contribution in [0.25, 0.3) is 10.9 Å². The molecule has 146 valence electrons. The van der Waals surface area contributed by atoms with E-state index in [0.29, 0.717) is 12.1 Å². The molecule has 2 aliphatic rings. The molecule has 2 aromatic heterocycles. The number of benzene rings is 1. The Hall–Kier alpha value is -2.17. The summed E-state index contributed by atoms with van der Waals surface area (Å²) in [6.07, 6.45) is 8.94. The molecule has 1 aliphatic carbocycles. The zero-order chi connectivity index (χ0) is 19.1. The van der Waals surface area contributed by atoms with E-state index in [9.17, 15) is 0 Å². The standard InChI is InChI=1S/C24H30N4/c1-17-6-7-23-20(14-17)21-15-27(2)13-10-24(21)28(23)16-22(26-19-4-3-5-19)18-8-11-25-12-9-18/h6-9,11-12,14,19,22,26H,3-5,10,13,15-16H2,1-2H3. The molecule has 0 amide bonds. The Kier molecular flexibility index (Phi) is 4.69. The molecule has 1 N–H and O–H groups in total. The monoisotopic (exact) mass is 374 g/mol. The summed E-state index contributed by atoms with van der Waals surface area (Å²) in [5, 5.41) is 5.38. The molecule has 3 aromatic rings. The van der Waals surface area contributed by atoms with Gasteiger partial charge in [-0.2, -0.15) is 0 Å². The van der Waals surface area contributed by atoms with Gasteiger partial charge in [0.15, 0.2) is 0 Å². The Labute approximate surface area is 167 Å². The second-order valence-electron chi connectivity index (χ2n) is 8.67. The first-order chi connectivity index (χ1) is 13.7. The van der Waals surface area contributed by atoms with Crippen molar-refractivity contribution in [1.29, 1.82) is 0 Å². The number of likely N-dealkylation sites (N-methyl/N-ethyl adjacent to an activating group) is 1. The van der Waals surface area contributed by atoms with Gasteiger partial charge in [-0.3, -0.25) is 4.98 Å². The number of nitrogens with zero attached hydrogens (tertiary/aromatic N) is 3. The van der Waals surface area contributed by atoms with Gasteiger partial charge in [0.2, 0.25) is 0 Å². The largest absolute Gasteiger partial charge is 0.342 e. The van der Waals surface area contributed by atoms with E-state index in [1.807, 2.05) is 12.4 Å². The molecule has 1 aromatic carbocycles. The molecule has 4 nitrogen and oxygen atoms in total. The number of pyridine rings is 1. The minimum absolute atomic E-state index is 0.328. The van der Waals surface area contributed by atoms with E-state index in [1.165, 1.54) is 52.5 Å². The van der Waals surface area contributed by atoms with Crippen molar-refractivity contribution in [2.24, 2.45) is 0 Å². The van der Waals surface area contributed by atoms with E-state index in [-0.39, 0.29) is 0 Å². The molecular weight excluding hydrogens is 344 g/mol. The average molecular weight is 375 g/mol. The zero-order valence-corrected chi connectivity index (χ0v) is 17.0.